The molecule has 0 spiro atoms. The van der Waals surface area contributed by atoms with Gasteiger partial charge in [0.05, 0.1) is 0 Å². The van der Waals surface area contributed by atoms with E-state index in [1.54, 1.807) is 36.4 Å². The molecule has 7 heteroatoms. The number of esters is 3. The van der Waals surface area contributed by atoms with E-state index in [9.17, 15) is 14.4 Å². The van der Waals surface area contributed by atoms with Gasteiger partial charge >= 0.3 is 188 Å². The minimum absolute atomic E-state index is 0.387. The number of methoxy groups -OCH3 is 3. The van der Waals surface area contributed by atoms with E-state index in [0.29, 0.717) is 16.7 Å². The molecule has 0 unspecified atom stereocenters. The van der Waals surface area contributed by atoms with Crippen molar-refractivity contribution in [3.63, 3.8) is 0 Å². The Hall–Kier alpha value is -3.13. The first-order valence-corrected chi connectivity index (χ1v) is 13.7. The van der Waals surface area contributed by atoms with Gasteiger partial charge in [0.2, 0.25) is 0 Å². The van der Waals surface area contributed by atoms with E-state index in [1.807, 2.05) is 36.4 Å². The van der Waals surface area contributed by atoms with Crippen molar-refractivity contribution in [3.8, 4) is 0 Å². The molecule has 0 aliphatic rings. The summed E-state index contributed by atoms with van der Waals surface area (Å²) >= 11 is -2.68. The summed E-state index contributed by atoms with van der Waals surface area (Å²) in [6, 6.07) is 22.2. The third-order valence-electron chi connectivity index (χ3n) is 4.78. The monoisotopic (exact) mass is 525 g/mol. The topological polar surface area (TPSA) is 78.9 Å². The molecule has 157 valence electrons. The third-order valence-corrected chi connectivity index (χ3v) is 12.6. The van der Waals surface area contributed by atoms with Gasteiger partial charge in [-0.05, 0) is 0 Å². The zero-order valence-electron chi connectivity index (χ0n) is 17.4. The third kappa shape index (κ3) is 5.14. The molecule has 31 heavy (non-hydrogen) atoms. The van der Waals surface area contributed by atoms with Gasteiger partial charge in [-0.3, -0.25) is 0 Å². The molecule has 3 rings (SSSR count). The van der Waals surface area contributed by atoms with Crippen molar-refractivity contribution in [1.29, 1.82) is 0 Å². The van der Waals surface area contributed by atoms with Crippen molar-refractivity contribution in [2.24, 2.45) is 0 Å². The summed E-state index contributed by atoms with van der Waals surface area (Å²) in [6.45, 7) is 0. The average Bonchev–Trinajstić information content (AvgIpc) is 2.84. The van der Waals surface area contributed by atoms with Crippen LogP contribution in [0.1, 0.15) is 31.1 Å². The van der Waals surface area contributed by atoms with Crippen LogP contribution < -0.4 is 10.7 Å². The maximum atomic E-state index is 11.8. The zero-order chi connectivity index (χ0) is 22.4. The molecule has 0 bridgehead atoms. The molecule has 0 saturated heterocycles. The van der Waals surface area contributed by atoms with Crippen molar-refractivity contribution in [3.05, 3.63) is 89.5 Å². The second-order valence-electron chi connectivity index (χ2n) is 6.58. The maximum absolute atomic E-state index is 11.8. The zero-order valence-corrected chi connectivity index (χ0v) is 20.2. The normalized spacial score (nSPS) is 10.5. The van der Waals surface area contributed by atoms with Gasteiger partial charge in [0.15, 0.2) is 0 Å². The molecule has 3 aromatic rings. The summed E-state index contributed by atoms with van der Waals surface area (Å²) < 4.78 is 17.8. The molecule has 0 amide bonds. The van der Waals surface area contributed by atoms with Gasteiger partial charge in [0.1, 0.15) is 0 Å². The van der Waals surface area contributed by atoms with E-state index in [-0.39, 0.29) is 17.9 Å². The van der Waals surface area contributed by atoms with E-state index in [0.717, 1.165) is 10.7 Å². The van der Waals surface area contributed by atoms with Crippen molar-refractivity contribution in [2.75, 3.05) is 21.3 Å². The molecule has 0 saturated carbocycles. The van der Waals surface area contributed by atoms with E-state index in [4.69, 9.17) is 14.2 Å². The number of carbonyl (C=O) groups excluding carboxylic acids is 3. The van der Waals surface area contributed by atoms with Crippen LogP contribution in [0.4, 0.5) is 0 Å². The predicted molar refractivity (Wildman–Crippen MR) is 118 cm³/mol. The summed E-state index contributed by atoms with van der Waals surface area (Å²) in [5.74, 6) is -1.16. The molecule has 0 aliphatic heterocycles. The van der Waals surface area contributed by atoms with Crippen LogP contribution in [0.3, 0.4) is 0 Å². The molecule has 6 nitrogen and oxygen atoms in total. The Morgan fingerprint density at radius 1 is 0.484 bits per heavy atom. The van der Waals surface area contributed by atoms with Crippen molar-refractivity contribution >= 4 is 48.4 Å². The predicted octanol–water partition coefficient (Wildman–Crippen LogP) is 1.56. The first kappa shape index (κ1) is 22.6. The van der Waals surface area contributed by atoms with Gasteiger partial charge in [-0.1, -0.05) is 0 Å². The van der Waals surface area contributed by atoms with Gasteiger partial charge in [-0.25, -0.2) is 0 Å². The van der Waals surface area contributed by atoms with Crippen LogP contribution in [-0.2, 0) is 14.2 Å². The minimum atomic E-state index is -2.68. The van der Waals surface area contributed by atoms with Gasteiger partial charge in [0.25, 0.3) is 0 Å². The van der Waals surface area contributed by atoms with Gasteiger partial charge in [-0.2, -0.15) is 0 Å². The van der Waals surface area contributed by atoms with E-state index < -0.39 is 19.8 Å². The van der Waals surface area contributed by atoms with Crippen LogP contribution in [-0.4, -0.2) is 59.0 Å². The van der Waals surface area contributed by atoms with E-state index in [1.165, 1.54) is 21.3 Å². The van der Waals surface area contributed by atoms with Crippen molar-refractivity contribution in [1.82, 2.24) is 0 Å². The molecule has 0 N–H and O–H groups in total. The summed E-state index contributed by atoms with van der Waals surface area (Å²) in [5.41, 5.74) is 1.45. The Bertz CT molecular complexity index is 931. The average molecular weight is 524 g/mol. The van der Waals surface area contributed by atoms with Crippen LogP contribution in [0.5, 0.6) is 0 Å². The summed E-state index contributed by atoms with van der Waals surface area (Å²) in [5, 5.41) is 0. The Morgan fingerprint density at radius 3 is 0.903 bits per heavy atom. The Morgan fingerprint density at radius 2 is 0.710 bits per heavy atom. The molecule has 0 atom stereocenters. The van der Waals surface area contributed by atoms with Gasteiger partial charge in [0, 0.05) is 0 Å². The van der Waals surface area contributed by atoms with E-state index >= 15 is 0 Å². The van der Waals surface area contributed by atoms with Gasteiger partial charge < -0.3 is 0 Å². The van der Waals surface area contributed by atoms with Crippen LogP contribution in [0, 0.1) is 0 Å². The number of rotatable bonds is 6. The molecule has 0 aliphatic carbocycles. The second-order valence-corrected chi connectivity index (χ2v) is 13.7. The number of carbonyl (C=O) groups is 3. The quantitative estimate of drug-likeness (QED) is 0.277. The van der Waals surface area contributed by atoms with Crippen LogP contribution in [0.2, 0.25) is 0 Å². The van der Waals surface area contributed by atoms with Crippen LogP contribution in [0.25, 0.3) is 0 Å². The molecule has 1 radical (unpaired) electrons. The van der Waals surface area contributed by atoms with E-state index in [2.05, 4.69) is 0 Å². The summed E-state index contributed by atoms with van der Waals surface area (Å²) in [4.78, 5) is 35.4. The Kier molecular flexibility index (Phi) is 7.46. The van der Waals surface area contributed by atoms with Gasteiger partial charge in [-0.15, -0.1) is 0 Å². The fourth-order valence-electron chi connectivity index (χ4n) is 3.17. The van der Waals surface area contributed by atoms with Crippen molar-refractivity contribution in [2.45, 2.75) is 0 Å². The molecular formula is C24H21O6Sn. The second kappa shape index (κ2) is 10.3. The summed E-state index contributed by atoms with van der Waals surface area (Å²) in [6.07, 6.45) is 0. The Balaban J connectivity index is 2.04. The number of ether oxygens (including phenoxy) is 3. The fraction of sp³-hybridized carbons (Fsp3) is 0.125. The Labute approximate surface area is 187 Å². The standard InChI is InChI=1S/3C8H7O2.Sn/c3*1-10-8(9)7-5-3-2-4-6-7;/h3*3-6H,1H3;. The van der Waals surface area contributed by atoms with Crippen LogP contribution in [0.15, 0.2) is 72.8 Å². The first-order valence-electron chi connectivity index (χ1n) is 9.41. The summed E-state index contributed by atoms with van der Waals surface area (Å²) in [7, 11) is 4.05. The molecule has 0 heterocycles. The molecule has 0 fully saturated rings. The molecule has 3 aromatic carbocycles. The number of hydrogen-bond donors (Lipinski definition) is 0. The molecular weight excluding hydrogens is 503 g/mol. The molecule has 0 aromatic heterocycles. The SMILES string of the molecule is COC(=O)c1cc[c]([Sn]([c]2ccc(C(=O)OC)cc2)[c]2ccc(C(=O)OC)cc2)cc1. The fourth-order valence-corrected chi connectivity index (χ4v) is 10.3. The van der Waals surface area contributed by atoms with Crippen molar-refractivity contribution < 1.29 is 28.6 Å². The number of hydrogen-bond acceptors (Lipinski definition) is 6. The van der Waals surface area contributed by atoms with Crippen LogP contribution >= 0.6 is 0 Å². The first-order chi connectivity index (χ1) is 15.0. The number of benzene rings is 3.